The van der Waals surface area contributed by atoms with E-state index in [1.165, 1.54) is 7.11 Å². The van der Waals surface area contributed by atoms with Gasteiger partial charge in [-0.25, -0.2) is 12.8 Å². The van der Waals surface area contributed by atoms with Gasteiger partial charge in [-0.15, -0.1) is 10.2 Å². The van der Waals surface area contributed by atoms with Crippen LogP contribution in [0.1, 0.15) is 5.56 Å². The second-order valence-corrected chi connectivity index (χ2v) is 10.6. The molecule has 1 N–H and O–H groups in total. The molecule has 0 unspecified atom stereocenters. The monoisotopic (exact) mass is 510 g/mol. The van der Waals surface area contributed by atoms with Crippen molar-refractivity contribution in [3.63, 3.8) is 0 Å². The minimum absolute atomic E-state index is 0.0379. The van der Waals surface area contributed by atoms with E-state index in [2.05, 4.69) is 20.3 Å². The average Bonchev–Trinajstić information content (AvgIpc) is 3.24. The number of aryl methyl sites for hydroxylation is 1. The van der Waals surface area contributed by atoms with Crippen molar-refractivity contribution in [2.75, 3.05) is 29.0 Å². The average molecular weight is 511 g/mol. The second kappa shape index (κ2) is 10.7. The predicted molar refractivity (Wildman–Crippen MR) is 123 cm³/mol. The highest BCUT2D eigenvalue weighted by Crippen LogP contribution is 2.27. The van der Waals surface area contributed by atoms with E-state index in [1.807, 2.05) is 6.92 Å². The van der Waals surface area contributed by atoms with Crippen molar-refractivity contribution in [2.45, 2.75) is 16.2 Å². The second-order valence-electron chi connectivity index (χ2n) is 6.59. The SMILES string of the molecule is COC(=O)CSc1nnc(NC(=O)CN(c2ccc(C)cc2)S(=O)(=O)c2ccc(F)cc2)s1. The van der Waals surface area contributed by atoms with Gasteiger partial charge in [0.05, 0.1) is 23.4 Å². The number of amides is 1. The molecule has 0 spiro atoms. The molecule has 174 valence electrons. The first kappa shape index (κ1) is 24.6. The summed E-state index contributed by atoms with van der Waals surface area (Å²) in [7, 11) is -2.90. The van der Waals surface area contributed by atoms with E-state index in [9.17, 15) is 22.4 Å². The molecule has 1 aromatic heterocycles. The lowest BCUT2D eigenvalue weighted by Crippen LogP contribution is -2.38. The van der Waals surface area contributed by atoms with Crippen LogP contribution in [0.25, 0.3) is 0 Å². The Bertz CT molecular complexity index is 1230. The minimum atomic E-state index is -4.17. The van der Waals surface area contributed by atoms with Crippen molar-refractivity contribution in [1.29, 1.82) is 0 Å². The maximum Gasteiger partial charge on any atom is 0.316 e. The maximum atomic E-state index is 13.3. The zero-order chi connectivity index (χ0) is 24.0. The van der Waals surface area contributed by atoms with Crippen LogP contribution >= 0.6 is 23.1 Å². The van der Waals surface area contributed by atoms with Gasteiger partial charge in [0.1, 0.15) is 12.4 Å². The highest BCUT2D eigenvalue weighted by Gasteiger charge is 2.27. The minimum Gasteiger partial charge on any atom is -0.468 e. The number of esters is 1. The largest absolute Gasteiger partial charge is 0.468 e. The molecule has 2 aromatic carbocycles. The van der Waals surface area contributed by atoms with Crippen LogP contribution in [0.3, 0.4) is 0 Å². The van der Waals surface area contributed by atoms with Crippen LogP contribution in [-0.4, -0.2) is 49.9 Å². The summed E-state index contributed by atoms with van der Waals surface area (Å²) in [5.41, 5.74) is 1.18. The van der Waals surface area contributed by atoms with Crippen molar-refractivity contribution < 1.29 is 27.1 Å². The lowest BCUT2D eigenvalue weighted by Gasteiger charge is -2.24. The molecule has 0 atom stereocenters. The van der Waals surface area contributed by atoms with Gasteiger partial charge in [-0.2, -0.15) is 0 Å². The van der Waals surface area contributed by atoms with Crippen molar-refractivity contribution in [3.05, 3.63) is 59.9 Å². The van der Waals surface area contributed by atoms with Crippen molar-refractivity contribution >= 4 is 55.8 Å². The van der Waals surface area contributed by atoms with Crippen molar-refractivity contribution in [1.82, 2.24) is 10.2 Å². The molecule has 9 nitrogen and oxygen atoms in total. The first-order valence-corrected chi connectivity index (χ1v) is 12.6. The van der Waals surface area contributed by atoms with Crippen LogP contribution in [0.5, 0.6) is 0 Å². The highest BCUT2D eigenvalue weighted by atomic mass is 32.2. The van der Waals surface area contributed by atoms with Crippen molar-refractivity contribution in [3.8, 4) is 0 Å². The topological polar surface area (TPSA) is 119 Å². The Hall–Kier alpha value is -3.03. The lowest BCUT2D eigenvalue weighted by molar-refractivity contribution is -0.137. The summed E-state index contributed by atoms with van der Waals surface area (Å²) in [6.45, 7) is 1.30. The quantitative estimate of drug-likeness (QED) is 0.265. The van der Waals surface area contributed by atoms with Crippen molar-refractivity contribution in [2.24, 2.45) is 0 Å². The van der Waals surface area contributed by atoms with Gasteiger partial charge in [0.25, 0.3) is 10.0 Å². The molecule has 1 heterocycles. The van der Waals surface area contributed by atoms with E-state index in [1.54, 1.807) is 24.3 Å². The number of nitrogens with zero attached hydrogens (tertiary/aromatic N) is 3. The molecule has 0 aliphatic heterocycles. The summed E-state index contributed by atoms with van der Waals surface area (Å²) in [6, 6.07) is 10.9. The Morgan fingerprint density at radius 1 is 1.12 bits per heavy atom. The molecule has 33 heavy (non-hydrogen) atoms. The fraction of sp³-hybridized carbons (Fsp3) is 0.200. The molecule has 13 heteroatoms. The first-order valence-electron chi connectivity index (χ1n) is 9.37. The number of carbonyl (C=O) groups excluding carboxylic acids is 2. The number of anilines is 2. The normalized spacial score (nSPS) is 11.1. The predicted octanol–water partition coefficient (Wildman–Crippen LogP) is 3.08. The van der Waals surface area contributed by atoms with Crippen LogP contribution in [0, 0.1) is 12.7 Å². The molecule has 0 aliphatic carbocycles. The summed E-state index contributed by atoms with van der Waals surface area (Å²) in [5.74, 6) is -1.62. The molecule has 3 aromatic rings. The number of nitrogens with one attached hydrogen (secondary N) is 1. The summed E-state index contributed by atoms with van der Waals surface area (Å²) in [5, 5.41) is 10.4. The summed E-state index contributed by atoms with van der Waals surface area (Å²) < 4.78 is 45.7. The molecule has 0 aliphatic rings. The number of carbonyl (C=O) groups is 2. The smallest absolute Gasteiger partial charge is 0.316 e. The van der Waals surface area contributed by atoms with Gasteiger partial charge in [0, 0.05) is 0 Å². The number of rotatable bonds is 9. The summed E-state index contributed by atoms with van der Waals surface area (Å²) in [4.78, 5) is 23.8. The van der Waals surface area contributed by atoms with E-state index >= 15 is 0 Å². The number of ether oxygens (including phenoxy) is 1. The summed E-state index contributed by atoms with van der Waals surface area (Å²) in [6.07, 6.45) is 0. The number of methoxy groups -OCH3 is 1. The molecule has 0 saturated heterocycles. The Balaban J connectivity index is 1.80. The maximum absolute atomic E-state index is 13.3. The zero-order valence-electron chi connectivity index (χ0n) is 17.5. The third kappa shape index (κ3) is 6.49. The number of benzene rings is 2. The molecular weight excluding hydrogens is 491 g/mol. The molecule has 3 rings (SSSR count). The van der Waals surface area contributed by atoms with Crippen LogP contribution in [0.2, 0.25) is 0 Å². The number of halogens is 1. The van der Waals surface area contributed by atoms with Gasteiger partial charge < -0.3 is 4.74 Å². The first-order chi connectivity index (χ1) is 15.7. The highest BCUT2D eigenvalue weighted by molar-refractivity contribution is 8.01. The molecule has 0 radical (unpaired) electrons. The van der Waals surface area contributed by atoms with E-state index in [-0.39, 0.29) is 21.5 Å². The molecule has 0 saturated carbocycles. The Labute approximate surface area is 198 Å². The van der Waals surface area contributed by atoms with Crippen LogP contribution in [0.15, 0.2) is 57.8 Å². The molecule has 0 fully saturated rings. The Morgan fingerprint density at radius 3 is 2.42 bits per heavy atom. The fourth-order valence-electron chi connectivity index (χ4n) is 2.55. The Kier molecular flexibility index (Phi) is 8.00. The van der Waals surface area contributed by atoms with Crippen LogP contribution < -0.4 is 9.62 Å². The fourth-order valence-corrected chi connectivity index (χ4v) is 5.57. The molecule has 1 amide bonds. The van der Waals surface area contributed by atoms with E-state index in [0.717, 1.165) is 57.2 Å². The number of aromatic nitrogens is 2. The van der Waals surface area contributed by atoms with Gasteiger partial charge in [-0.3, -0.25) is 19.2 Å². The third-order valence-corrected chi connectivity index (χ3v) is 7.94. The number of hydrogen-bond donors (Lipinski definition) is 1. The van der Waals surface area contributed by atoms with Crippen LogP contribution in [-0.2, 0) is 24.3 Å². The molecule has 0 bridgehead atoms. The van der Waals surface area contributed by atoms with Gasteiger partial charge >= 0.3 is 5.97 Å². The number of thioether (sulfide) groups is 1. The van der Waals surface area contributed by atoms with E-state index in [0.29, 0.717) is 4.34 Å². The van der Waals surface area contributed by atoms with Gasteiger partial charge in [0.15, 0.2) is 4.34 Å². The zero-order valence-corrected chi connectivity index (χ0v) is 20.0. The van der Waals surface area contributed by atoms with Crippen LogP contribution in [0.4, 0.5) is 15.2 Å². The van der Waals surface area contributed by atoms with Gasteiger partial charge in [-0.05, 0) is 43.3 Å². The Morgan fingerprint density at radius 2 is 1.79 bits per heavy atom. The lowest BCUT2D eigenvalue weighted by atomic mass is 10.2. The number of hydrogen-bond acceptors (Lipinski definition) is 9. The summed E-state index contributed by atoms with van der Waals surface area (Å²) >= 11 is 2.13. The van der Waals surface area contributed by atoms with Gasteiger partial charge in [-0.1, -0.05) is 40.8 Å². The van der Waals surface area contributed by atoms with E-state index < -0.39 is 34.3 Å². The number of sulfonamides is 1. The third-order valence-electron chi connectivity index (χ3n) is 4.20. The standard InChI is InChI=1S/C20H19FN4O5S3/c1-13-3-7-15(8-4-13)25(33(28,29)16-9-5-14(21)6-10-16)11-17(26)22-19-23-24-20(32-19)31-12-18(27)30-2/h3-10H,11-12H2,1-2H3,(H,22,23,26). The molecular formula is C20H19FN4O5S3. The van der Waals surface area contributed by atoms with E-state index in [4.69, 9.17) is 0 Å². The van der Waals surface area contributed by atoms with Gasteiger partial charge in [0.2, 0.25) is 11.0 Å².